The van der Waals surface area contributed by atoms with Crippen LogP contribution >= 0.6 is 15.9 Å². The van der Waals surface area contributed by atoms with Crippen LogP contribution in [0, 0.1) is 5.41 Å². The van der Waals surface area contributed by atoms with E-state index >= 15 is 0 Å². The zero-order chi connectivity index (χ0) is 15.2. The number of nitrogens with one attached hydrogen (secondary N) is 1. The first kappa shape index (κ1) is 15.5. The summed E-state index contributed by atoms with van der Waals surface area (Å²) in [6.45, 7) is 1.32. The first-order valence-electron chi connectivity index (χ1n) is 6.65. The van der Waals surface area contributed by atoms with Crippen molar-refractivity contribution in [2.24, 2.45) is 5.73 Å². The average Bonchev–Trinajstić information content (AvgIpc) is 2.48. The Morgan fingerprint density at radius 2 is 1.90 bits per heavy atom. The van der Waals surface area contributed by atoms with Gasteiger partial charge in [-0.15, -0.1) is 0 Å². The van der Waals surface area contributed by atoms with Crippen molar-refractivity contribution in [1.29, 1.82) is 5.41 Å². The summed E-state index contributed by atoms with van der Waals surface area (Å²) in [5.41, 5.74) is 8.32. The van der Waals surface area contributed by atoms with Crippen molar-refractivity contribution in [1.82, 2.24) is 0 Å². The zero-order valence-electron chi connectivity index (χ0n) is 11.6. The van der Waals surface area contributed by atoms with Gasteiger partial charge in [0, 0.05) is 23.1 Å². The molecule has 110 valence electrons. The number of amidine groups is 1. The number of nitrogens with two attached hydrogens (primary N) is 1. The molecule has 0 atom stereocenters. The van der Waals surface area contributed by atoms with E-state index in [1.165, 1.54) is 5.56 Å². The minimum Gasteiger partial charge on any atom is -0.395 e. The number of benzene rings is 2. The van der Waals surface area contributed by atoms with E-state index in [0.717, 1.165) is 10.2 Å². The standard InChI is InChI=1S/C16H18BrN3O/c17-14-10-13(16(18)19)6-7-15(14)20(8-9-21)11-12-4-2-1-3-5-12/h1-7,10,21H,8-9,11H2,(H3,18,19). The van der Waals surface area contributed by atoms with E-state index in [1.807, 2.05) is 36.4 Å². The molecule has 0 aliphatic rings. The van der Waals surface area contributed by atoms with E-state index in [9.17, 15) is 5.11 Å². The predicted molar refractivity (Wildman–Crippen MR) is 89.7 cm³/mol. The number of halogens is 1. The second-order valence-corrected chi connectivity index (χ2v) is 5.56. The fraction of sp³-hybridized carbons (Fsp3) is 0.188. The summed E-state index contributed by atoms with van der Waals surface area (Å²) < 4.78 is 0.861. The van der Waals surface area contributed by atoms with Crippen LogP contribution in [-0.4, -0.2) is 24.1 Å². The Morgan fingerprint density at radius 3 is 2.48 bits per heavy atom. The molecule has 0 bridgehead atoms. The topological polar surface area (TPSA) is 73.3 Å². The van der Waals surface area contributed by atoms with Gasteiger partial charge in [-0.2, -0.15) is 0 Å². The molecule has 0 amide bonds. The normalized spacial score (nSPS) is 10.4. The Labute approximate surface area is 132 Å². The lowest BCUT2D eigenvalue weighted by Gasteiger charge is -2.25. The van der Waals surface area contributed by atoms with E-state index in [2.05, 4.69) is 33.0 Å². The summed E-state index contributed by atoms with van der Waals surface area (Å²) in [6, 6.07) is 15.7. The fourth-order valence-corrected chi connectivity index (χ4v) is 2.77. The molecule has 0 fully saturated rings. The van der Waals surface area contributed by atoms with Gasteiger partial charge < -0.3 is 15.7 Å². The van der Waals surface area contributed by atoms with Crippen LogP contribution < -0.4 is 10.6 Å². The van der Waals surface area contributed by atoms with Crippen LogP contribution in [0.1, 0.15) is 11.1 Å². The molecule has 0 radical (unpaired) electrons. The number of nitrogens with zero attached hydrogens (tertiary/aromatic N) is 1. The van der Waals surface area contributed by atoms with Crippen molar-refractivity contribution in [3.8, 4) is 0 Å². The van der Waals surface area contributed by atoms with Gasteiger partial charge in [0.1, 0.15) is 5.84 Å². The highest BCUT2D eigenvalue weighted by Crippen LogP contribution is 2.28. The van der Waals surface area contributed by atoms with Crippen LogP contribution in [0.4, 0.5) is 5.69 Å². The lowest BCUT2D eigenvalue weighted by atomic mass is 10.1. The average molecular weight is 348 g/mol. The summed E-state index contributed by atoms with van der Waals surface area (Å²) in [4.78, 5) is 2.09. The molecule has 0 aromatic heterocycles. The van der Waals surface area contributed by atoms with Gasteiger partial charge in [0.05, 0.1) is 12.3 Å². The van der Waals surface area contributed by atoms with Crippen LogP contribution in [0.3, 0.4) is 0 Å². The summed E-state index contributed by atoms with van der Waals surface area (Å²) >= 11 is 3.52. The van der Waals surface area contributed by atoms with Crippen LogP contribution in [-0.2, 0) is 6.54 Å². The van der Waals surface area contributed by atoms with Crippen LogP contribution in [0.2, 0.25) is 0 Å². The van der Waals surface area contributed by atoms with Gasteiger partial charge in [-0.3, -0.25) is 5.41 Å². The van der Waals surface area contributed by atoms with E-state index < -0.39 is 0 Å². The number of nitrogen functional groups attached to an aromatic ring is 1. The smallest absolute Gasteiger partial charge is 0.122 e. The molecule has 21 heavy (non-hydrogen) atoms. The number of rotatable bonds is 6. The third-order valence-corrected chi connectivity index (χ3v) is 3.82. The summed E-state index contributed by atoms with van der Waals surface area (Å²) in [5, 5.41) is 16.8. The molecule has 0 saturated heterocycles. The van der Waals surface area contributed by atoms with Crippen molar-refractivity contribution < 1.29 is 5.11 Å². The van der Waals surface area contributed by atoms with E-state index in [1.54, 1.807) is 0 Å². The predicted octanol–water partition coefficient (Wildman–Crippen LogP) is 2.73. The number of hydrogen-bond donors (Lipinski definition) is 3. The highest BCUT2D eigenvalue weighted by atomic mass is 79.9. The highest BCUT2D eigenvalue weighted by Gasteiger charge is 2.11. The molecule has 4 nitrogen and oxygen atoms in total. The van der Waals surface area contributed by atoms with E-state index in [4.69, 9.17) is 11.1 Å². The number of anilines is 1. The Morgan fingerprint density at radius 1 is 1.19 bits per heavy atom. The number of hydrogen-bond acceptors (Lipinski definition) is 3. The SMILES string of the molecule is N=C(N)c1ccc(N(CCO)Cc2ccccc2)c(Br)c1. The maximum Gasteiger partial charge on any atom is 0.122 e. The largest absolute Gasteiger partial charge is 0.395 e. The van der Waals surface area contributed by atoms with Gasteiger partial charge in [0.15, 0.2) is 0 Å². The fourth-order valence-electron chi connectivity index (χ4n) is 2.14. The first-order chi connectivity index (χ1) is 10.1. The van der Waals surface area contributed by atoms with Crippen LogP contribution in [0.5, 0.6) is 0 Å². The third-order valence-electron chi connectivity index (χ3n) is 3.19. The third kappa shape index (κ3) is 4.06. The van der Waals surface area contributed by atoms with Crippen molar-refractivity contribution in [3.63, 3.8) is 0 Å². The van der Waals surface area contributed by atoms with Gasteiger partial charge in [-0.25, -0.2) is 0 Å². The molecule has 2 aromatic rings. The molecule has 0 unspecified atom stereocenters. The van der Waals surface area contributed by atoms with Gasteiger partial charge in [0.25, 0.3) is 0 Å². The van der Waals surface area contributed by atoms with E-state index in [-0.39, 0.29) is 12.4 Å². The Hall–Kier alpha value is -1.85. The van der Waals surface area contributed by atoms with Gasteiger partial charge in [-0.1, -0.05) is 30.3 Å². The molecule has 2 aromatic carbocycles. The van der Waals surface area contributed by atoms with Crippen molar-refractivity contribution in [2.75, 3.05) is 18.1 Å². The van der Waals surface area contributed by atoms with Crippen molar-refractivity contribution >= 4 is 27.5 Å². The molecular weight excluding hydrogens is 330 g/mol. The lowest BCUT2D eigenvalue weighted by Crippen LogP contribution is -2.26. The quantitative estimate of drug-likeness (QED) is 0.555. The Balaban J connectivity index is 2.27. The van der Waals surface area contributed by atoms with Gasteiger partial charge in [-0.05, 0) is 39.7 Å². The molecule has 0 spiro atoms. The molecule has 0 aliphatic carbocycles. The second-order valence-electron chi connectivity index (χ2n) is 4.71. The summed E-state index contributed by atoms with van der Waals surface area (Å²) in [7, 11) is 0. The van der Waals surface area contributed by atoms with Crippen molar-refractivity contribution in [3.05, 3.63) is 64.1 Å². The summed E-state index contributed by atoms with van der Waals surface area (Å²) in [6.07, 6.45) is 0. The lowest BCUT2D eigenvalue weighted by molar-refractivity contribution is 0.301. The van der Waals surface area contributed by atoms with Crippen molar-refractivity contribution in [2.45, 2.75) is 6.54 Å². The molecule has 0 aliphatic heterocycles. The maximum atomic E-state index is 9.30. The molecular formula is C16H18BrN3O. The summed E-state index contributed by atoms with van der Waals surface area (Å²) in [5.74, 6) is 0.0408. The van der Waals surface area contributed by atoms with E-state index in [0.29, 0.717) is 18.7 Å². The number of aliphatic hydroxyl groups is 1. The van der Waals surface area contributed by atoms with Crippen LogP contribution in [0.25, 0.3) is 0 Å². The molecule has 0 heterocycles. The first-order valence-corrected chi connectivity index (χ1v) is 7.45. The van der Waals surface area contributed by atoms with Gasteiger partial charge >= 0.3 is 0 Å². The maximum absolute atomic E-state index is 9.30. The Kier molecular flexibility index (Phi) is 5.36. The second kappa shape index (κ2) is 7.24. The van der Waals surface area contributed by atoms with Gasteiger partial charge in [0.2, 0.25) is 0 Å². The molecule has 0 saturated carbocycles. The Bertz CT molecular complexity index is 616. The molecule has 2 rings (SSSR count). The van der Waals surface area contributed by atoms with Crippen LogP contribution in [0.15, 0.2) is 53.0 Å². The minimum absolute atomic E-state index is 0.0408. The number of aliphatic hydroxyl groups excluding tert-OH is 1. The minimum atomic E-state index is 0.0408. The molecule has 4 N–H and O–H groups in total. The molecule has 5 heteroatoms. The monoisotopic (exact) mass is 347 g/mol. The zero-order valence-corrected chi connectivity index (χ0v) is 13.2. The highest BCUT2D eigenvalue weighted by molar-refractivity contribution is 9.10.